The van der Waals surface area contributed by atoms with Crippen molar-refractivity contribution in [2.24, 2.45) is 5.92 Å². The molecule has 1 atom stereocenters. The van der Waals surface area contributed by atoms with E-state index in [1.54, 1.807) is 0 Å². The number of rotatable bonds is 46. The van der Waals surface area contributed by atoms with E-state index in [-0.39, 0.29) is 31.1 Å². The minimum Gasteiger partial charge on any atom is -0.462 e. The Hall–Kier alpha value is -1.59. The average molecular weight is 807 g/mol. The molecule has 6 nitrogen and oxygen atoms in total. The van der Waals surface area contributed by atoms with E-state index in [2.05, 4.69) is 27.7 Å². The third-order valence-corrected chi connectivity index (χ3v) is 11.5. The quantitative estimate of drug-likeness (QED) is 0.0346. The molecule has 0 N–H and O–H groups in total. The smallest absolute Gasteiger partial charge is 0.306 e. The van der Waals surface area contributed by atoms with Gasteiger partial charge in [0.25, 0.3) is 0 Å². The Labute approximate surface area is 355 Å². The van der Waals surface area contributed by atoms with Gasteiger partial charge < -0.3 is 14.2 Å². The van der Waals surface area contributed by atoms with Gasteiger partial charge >= 0.3 is 17.9 Å². The maximum atomic E-state index is 12.6. The maximum absolute atomic E-state index is 12.6. The number of unbranched alkanes of at least 4 members (excludes halogenated alkanes) is 33. The second-order valence-electron chi connectivity index (χ2n) is 17.9. The molecule has 338 valence electrons. The first-order chi connectivity index (χ1) is 27.9. The molecule has 57 heavy (non-hydrogen) atoms. The van der Waals surface area contributed by atoms with E-state index < -0.39 is 6.10 Å². The monoisotopic (exact) mass is 807 g/mol. The van der Waals surface area contributed by atoms with Crippen molar-refractivity contribution in [3.05, 3.63) is 0 Å². The summed E-state index contributed by atoms with van der Waals surface area (Å²) in [5.74, 6) is -0.0000131. The molecule has 0 fully saturated rings. The summed E-state index contributed by atoms with van der Waals surface area (Å²) in [6.45, 7) is 9.00. The largest absolute Gasteiger partial charge is 0.462 e. The molecule has 0 aliphatic rings. The fraction of sp³-hybridized carbons (Fsp3) is 0.941. The van der Waals surface area contributed by atoms with E-state index in [0.717, 1.165) is 63.7 Å². The number of hydrogen-bond acceptors (Lipinski definition) is 6. The van der Waals surface area contributed by atoms with Gasteiger partial charge in [-0.3, -0.25) is 14.4 Å². The van der Waals surface area contributed by atoms with Crippen molar-refractivity contribution in [1.29, 1.82) is 0 Å². The van der Waals surface area contributed by atoms with Crippen LogP contribution in [-0.4, -0.2) is 37.2 Å². The molecule has 0 aromatic carbocycles. The lowest BCUT2D eigenvalue weighted by molar-refractivity contribution is -0.167. The molecule has 0 aliphatic heterocycles. The summed E-state index contributed by atoms with van der Waals surface area (Å²) in [5.41, 5.74) is 0. The van der Waals surface area contributed by atoms with Gasteiger partial charge in [0.15, 0.2) is 6.10 Å². The van der Waals surface area contributed by atoms with Crippen molar-refractivity contribution in [3.8, 4) is 0 Å². The molecule has 0 heterocycles. The predicted molar refractivity (Wildman–Crippen MR) is 243 cm³/mol. The van der Waals surface area contributed by atoms with Gasteiger partial charge in [0, 0.05) is 19.3 Å². The molecule has 0 aromatic rings. The Morgan fingerprint density at radius 1 is 0.333 bits per heavy atom. The average Bonchev–Trinajstić information content (AvgIpc) is 3.19. The number of hydrogen-bond donors (Lipinski definition) is 0. The van der Waals surface area contributed by atoms with Crippen LogP contribution in [0.2, 0.25) is 0 Å². The van der Waals surface area contributed by atoms with Gasteiger partial charge in [-0.15, -0.1) is 0 Å². The standard InChI is InChI=1S/C51H98O6/c1-5-7-9-11-13-14-15-20-24-27-31-34-38-42-49(52)55-45-48(57-51(54)44-40-36-29-12-10-8-6-2)46-56-50(53)43-39-35-32-28-25-22-19-17-16-18-21-23-26-30-33-37-41-47(3)4/h47-48H,5-46H2,1-4H3/t48-/m1/s1. The molecule has 0 rings (SSSR count). The van der Waals surface area contributed by atoms with Gasteiger partial charge in [0.2, 0.25) is 0 Å². The van der Waals surface area contributed by atoms with Crippen molar-refractivity contribution >= 4 is 17.9 Å². The molecule has 0 radical (unpaired) electrons. The molecule has 0 saturated heterocycles. The van der Waals surface area contributed by atoms with Crippen LogP contribution in [0.1, 0.15) is 285 Å². The first-order valence-corrected chi connectivity index (χ1v) is 25.4. The molecule has 0 amide bonds. The topological polar surface area (TPSA) is 78.9 Å². The molecule has 0 unspecified atom stereocenters. The lowest BCUT2D eigenvalue weighted by Crippen LogP contribution is -2.30. The summed E-state index contributed by atoms with van der Waals surface area (Å²) in [6.07, 6.45) is 46.7. The Kier molecular flexibility index (Phi) is 44.2. The minimum absolute atomic E-state index is 0.0634. The normalized spacial score (nSPS) is 11.9. The fourth-order valence-electron chi connectivity index (χ4n) is 7.69. The van der Waals surface area contributed by atoms with Crippen LogP contribution in [0.4, 0.5) is 0 Å². The summed E-state index contributed by atoms with van der Waals surface area (Å²) in [6, 6.07) is 0. The van der Waals surface area contributed by atoms with Crippen molar-refractivity contribution in [2.75, 3.05) is 13.2 Å². The number of esters is 3. The predicted octanol–water partition coefficient (Wildman–Crippen LogP) is 16.3. The van der Waals surface area contributed by atoms with Crippen molar-refractivity contribution in [3.63, 3.8) is 0 Å². The summed E-state index contributed by atoms with van der Waals surface area (Å²) in [7, 11) is 0. The van der Waals surface area contributed by atoms with Gasteiger partial charge in [-0.2, -0.15) is 0 Å². The highest BCUT2D eigenvalue weighted by Crippen LogP contribution is 2.17. The van der Waals surface area contributed by atoms with Crippen LogP contribution in [0, 0.1) is 5.92 Å². The van der Waals surface area contributed by atoms with E-state index >= 15 is 0 Å². The van der Waals surface area contributed by atoms with Crippen LogP contribution in [-0.2, 0) is 28.6 Å². The van der Waals surface area contributed by atoms with Crippen molar-refractivity contribution in [2.45, 2.75) is 291 Å². The fourth-order valence-corrected chi connectivity index (χ4v) is 7.69. The third-order valence-electron chi connectivity index (χ3n) is 11.5. The van der Waals surface area contributed by atoms with E-state index in [4.69, 9.17) is 14.2 Å². The van der Waals surface area contributed by atoms with E-state index in [1.165, 1.54) is 180 Å². The first-order valence-electron chi connectivity index (χ1n) is 25.4. The zero-order chi connectivity index (χ0) is 41.7. The highest BCUT2D eigenvalue weighted by atomic mass is 16.6. The van der Waals surface area contributed by atoms with E-state index in [0.29, 0.717) is 19.3 Å². The second kappa shape index (κ2) is 45.5. The van der Waals surface area contributed by atoms with Gasteiger partial charge in [0.1, 0.15) is 13.2 Å². The third kappa shape index (κ3) is 45.3. The lowest BCUT2D eigenvalue weighted by atomic mass is 10.0. The van der Waals surface area contributed by atoms with Crippen LogP contribution in [0.3, 0.4) is 0 Å². The molecule has 0 aliphatic carbocycles. The number of carbonyl (C=O) groups is 3. The Morgan fingerprint density at radius 3 is 0.860 bits per heavy atom. The summed E-state index contributed by atoms with van der Waals surface area (Å²) < 4.78 is 16.7. The second-order valence-corrected chi connectivity index (χ2v) is 17.9. The Morgan fingerprint density at radius 2 is 0.579 bits per heavy atom. The van der Waals surface area contributed by atoms with Gasteiger partial charge in [-0.1, -0.05) is 246 Å². The SMILES string of the molecule is CCCCCCCCCCCCCCCC(=O)OC[C@H](COC(=O)CCCCCCCCCCCCCCCCCCC(C)C)OC(=O)CCCCCCCCC. The van der Waals surface area contributed by atoms with Crippen LogP contribution in [0.25, 0.3) is 0 Å². The maximum Gasteiger partial charge on any atom is 0.306 e. The first kappa shape index (κ1) is 55.4. The Bertz CT molecular complexity index is 857. The zero-order valence-electron chi connectivity index (χ0n) is 38.8. The van der Waals surface area contributed by atoms with Gasteiger partial charge in [-0.05, 0) is 25.2 Å². The van der Waals surface area contributed by atoms with Crippen LogP contribution in [0.5, 0.6) is 0 Å². The molecule has 6 heteroatoms. The van der Waals surface area contributed by atoms with Crippen molar-refractivity contribution < 1.29 is 28.6 Å². The van der Waals surface area contributed by atoms with Crippen molar-refractivity contribution in [1.82, 2.24) is 0 Å². The van der Waals surface area contributed by atoms with Crippen LogP contribution >= 0.6 is 0 Å². The molecule has 0 aromatic heterocycles. The Balaban J connectivity index is 4.14. The molecule has 0 spiro atoms. The van der Waals surface area contributed by atoms with E-state index in [9.17, 15) is 14.4 Å². The number of ether oxygens (including phenoxy) is 3. The summed E-state index contributed by atoms with van der Waals surface area (Å²) in [5, 5.41) is 0. The molecular formula is C51H98O6. The highest BCUT2D eigenvalue weighted by molar-refractivity contribution is 5.71. The molecular weight excluding hydrogens is 709 g/mol. The van der Waals surface area contributed by atoms with Gasteiger partial charge in [-0.25, -0.2) is 0 Å². The van der Waals surface area contributed by atoms with Gasteiger partial charge in [0.05, 0.1) is 0 Å². The lowest BCUT2D eigenvalue weighted by Gasteiger charge is -2.18. The number of carbonyl (C=O) groups excluding carboxylic acids is 3. The van der Waals surface area contributed by atoms with E-state index in [1.807, 2.05) is 0 Å². The summed E-state index contributed by atoms with van der Waals surface area (Å²) in [4.78, 5) is 37.7. The van der Waals surface area contributed by atoms with Crippen LogP contribution < -0.4 is 0 Å². The molecule has 0 saturated carbocycles. The minimum atomic E-state index is -0.758. The zero-order valence-corrected chi connectivity index (χ0v) is 38.8. The summed E-state index contributed by atoms with van der Waals surface area (Å²) >= 11 is 0. The molecule has 0 bridgehead atoms. The van der Waals surface area contributed by atoms with Crippen LogP contribution in [0.15, 0.2) is 0 Å². The highest BCUT2D eigenvalue weighted by Gasteiger charge is 2.19.